The Labute approximate surface area is 120 Å². The van der Waals surface area contributed by atoms with E-state index in [0.717, 1.165) is 22.6 Å². The van der Waals surface area contributed by atoms with E-state index in [-0.39, 0.29) is 0 Å². The van der Waals surface area contributed by atoms with Crippen LogP contribution in [-0.4, -0.2) is 0 Å². The van der Waals surface area contributed by atoms with Crippen molar-refractivity contribution in [3.05, 3.63) is 58.1 Å². The highest BCUT2D eigenvalue weighted by Crippen LogP contribution is 2.29. The van der Waals surface area contributed by atoms with E-state index in [1.807, 2.05) is 18.2 Å². The Kier molecular flexibility index (Phi) is 4.16. The SMILES string of the molecule is Cc1cc(C)c(C)c(Oc2ccc(CCl)c(C)c2)c1. The van der Waals surface area contributed by atoms with Gasteiger partial charge in [0, 0.05) is 5.88 Å². The van der Waals surface area contributed by atoms with E-state index in [1.165, 1.54) is 16.7 Å². The van der Waals surface area contributed by atoms with Gasteiger partial charge in [-0.1, -0.05) is 12.1 Å². The molecule has 0 saturated heterocycles. The molecule has 0 aliphatic carbocycles. The molecule has 0 heterocycles. The molecule has 2 rings (SSSR count). The highest BCUT2D eigenvalue weighted by molar-refractivity contribution is 6.17. The number of halogens is 1. The van der Waals surface area contributed by atoms with Gasteiger partial charge >= 0.3 is 0 Å². The molecule has 2 aromatic carbocycles. The first-order valence-corrected chi connectivity index (χ1v) is 6.96. The van der Waals surface area contributed by atoms with Crippen LogP contribution in [0, 0.1) is 27.7 Å². The summed E-state index contributed by atoms with van der Waals surface area (Å²) >= 11 is 5.87. The second kappa shape index (κ2) is 5.66. The number of rotatable bonds is 3. The van der Waals surface area contributed by atoms with Gasteiger partial charge in [0.2, 0.25) is 0 Å². The molecule has 0 N–H and O–H groups in total. The van der Waals surface area contributed by atoms with Crippen molar-refractivity contribution in [3.8, 4) is 11.5 Å². The molecule has 2 heteroatoms. The Morgan fingerprint density at radius 2 is 1.68 bits per heavy atom. The van der Waals surface area contributed by atoms with E-state index >= 15 is 0 Å². The Balaban J connectivity index is 2.33. The average molecular weight is 275 g/mol. The summed E-state index contributed by atoms with van der Waals surface area (Å²) < 4.78 is 6.01. The van der Waals surface area contributed by atoms with Crippen molar-refractivity contribution in [1.82, 2.24) is 0 Å². The van der Waals surface area contributed by atoms with E-state index in [0.29, 0.717) is 5.88 Å². The zero-order chi connectivity index (χ0) is 14.0. The minimum Gasteiger partial charge on any atom is -0.457 e. The first kappa shape index (κ1) is 14.0. The minimum absolute atomic E-state index is 0.536. The molecular formula is C17H19ClO. The van der Waals surface area contributed by atoms with Gasteiger partial charge < -0.3 is 4.74 Å². The summed E-state index contributed by atoms with van der Waals surface area (Å²) in [7, 11) is 0. The van der Waals surface area contributed by atoms with E-state index in [9.17, 15) is 0 Å². The maximum atomic E-state index is 6.01. The molecule has 0 spiro atoms. The molecule has 0 aliphatic rings. The highest BCUT2D eigenvalue weighted by atomic mass is 35.5. The fraction of sp³-hybridized carbons (Fsp3) is 0.294. The molecule has 0 aliphatic heterocycles. The topological polar surface area (TPSA) is 9.23 Å². The smallest absolute Gasteiger partial charge is 0.130 e. The summed E-state index contributed by atoms with van der Waals surface area (Å²) in [6.07, 6.45) is 0. The van der Waals surface area contributed by atoms with Crippen LogP contribution in [0.3, 0.4) is 0 Å². The predicted molar refractivity (Wildman–Crippen MR) is 81.5 cm³/mol. The van der Waals surface area contributed by atoms with Crippen molar-refractivity contribution < 1.29 is 4.74 Å². The van der Waals surface area contributed by atoms with Crippen LogP contribution in [0.25, 0.3) is 0 Å². The van der Waals surface area contributed by atoms with Gasteiger partial charge in [-0.3, -0.25) is 0 Å². The third-order valence-electron chi connectivity index (χ3n) is 3.45. The highest BCUT2D eigenvalue weighted by Gasteiger charge is 2.06. The molecule has 0 saturated carbocycles. The molecule has 1 nitrogen and oxygen atoms in total. The molecule has 0 radical (unpaired) electrons. The number of benzene rings is 2. The Morgan fingerprint density at radius 3 is 2.32 bits per heavy atom. The van der Waals surface area contributed by atoms with Gasteiger partial charge in [-0.05, 0) is 73.7 Å². The zero-order valence-electron chi connectivity index (χ0n) is 11.9. The predicted octanol–water partition coefficient (Wildman–Crippen LogP) is 5.45. The number of ether oxygens (including phenoxy) is 1. The van der Waals surface area contributed by atoms with Crippen LogP contribution in [-0.2, 0) is 5.88 Å². The summed E-state index contributed by atoms with van der Waals surface area (Å²) in [6.45, 7) is 8.33. The summed E-state index contributed by atoms with van der Waals surface area (Å²) in [4.78, 5) is 0. The number of alkyl halides is 1. The van der Waals surface area contributed by atoms with Crippen molar-refractivity contribution in [1.29, 1.82) is 0 Å². The van der Waals surface area contributed by atoms with Crippen molar-refractivity contribution in [2.45, 2.75) is 33.6 Å². The number of hydrogen-bond donors (Lipinski definition) is 0. The summed E-state index contributed by atoms with van der Waals surface area (Å²) in [5, 5.41) is 0. The van der Waals surface area contributed by atoms with Gasteiger partial charge in [0.15, 0.2) is 0 Å². The molecular weight excluding hydrogens is 256 g/mol. The van der Waals surface area contributed by atoms with Crippen molar-refractivity contribution in [3.63, 3.8) is 0 Å². The van der Waals surface area contributed by atoms with Crippen LogP contribution < -0.4 is 4.74 Å². The lowest BCUT2D eigenvalue weighted by atomic mass is 10.1. The Morgan fingerprint density at radius 1 is 0.947 bits per heavy atom. The quantitative estimate of drug-likeness (QED) is 0.676. The van der Waals surface area contributed by atoms with Crippen LogP contribution in [0.4, 0.5) is 0 Å². The average Bonchev–Trinajstić information content (AvgIpc) is 2.35. The summed E-state index contributed by atoms with van der Waals surface area (Å²) in [6, 6.07) is 10.3. The summed E-state index contributed by atoms with van der Waals surface area (Å²) in [5.74, 6) is 2.32. The molecule has 0 aromatic heterocycles. The van der Waals surface area contributed by atoms with Crippen LogP contribution in [0.15, 0.2) is 30.3 Å². The fourth-order valence-electron chi connectivity index (χ4n) is 2.12. The van der Waals surface area contributed by atoms with Gasteiger partial charge in [-0.2, -0.15) is 0 Å². The first-order valence-electron chi connectivity index (χ1n) is 6.42. The minimum atomic E-state index is 0.536. The second-order valence-electron chi connectivity index (χ2n) is 5.03. The molecule has 0 amide bonds. The fourth-order valence-corrected chi connectivity index (χ4v) is 2.42. The van der Waals surface area contributed by atoms with Crippen LogP contribution in [0.1, 0.15) is 27.8 Å². The monoisotopic (exact) mass is 274 g/mol. The van der Waals surface area contributed by atoms with E-state index in [1.54, 1.807) is 0 Å². The molecule has 0 fully saturated rings. The van der Waals surface area contributed by atoms with Gasteiger partial charge in [-0.25, -0.2) is 0 Å². The Hall–Kier alpha value is -1.47. The molecule has 2 aromatic rings. The molecule has 0 atom stereocenters. The zero-order valence-corrected chi connectivity index (χ0v) is 12.6. The maximum absolute atomic E-state index is 6.01. The first-order chi connectivity index (χ1) is 9.01. The lowest BCUT2D eigenvalue weighted by Gasteiger charge is -2.13. The van der Waals surface area contributed by atoms with E-state index in [4.69, 9.17) is 16.3 Å². The van der Waals surface area contributed by atoms with Crippen molar-refractivity contribution in [2.24, 2.45) is 0 Å². The Bertz CT molecular complexity index is 602. The number of aryl methyl sites for hydroxylation is 3. The van der Waals surface area contributed by atoms with Crippen LogP contribution in [0.2, 0.25) is 0 Å². The molecule has 0 bridgehead atoms. The van der Waals surface area contributed by atoms with Crippen LogP contribution >= 0.6 is 11.6 Å². The summed E-state index contributed by atoms with van der Waals surface area (Å²) in [5.41, 5.74) is 5.96. The van der Waals surface area contributed by atoms with Gasteiger partial charge in [-0.15, -0.1) is 11.6 Å². The standard InChI is InChI=1S/C17H19ClO/c1-11-7-12(2)14(4)17(8-11)19-16-6-5-15(10-18)13(3)9-16/h5-9H,10H2,1-4H3. The molecule has 19 heavy (non-hydrogen) atoms. The third-order valence-corrected chi connectivity index (χ3v) is 3.74. The van der Waals surface area contributed by atoms with Gasteiger partial charge in [0.25, 0.3) is 0 Å². The lowest BCUT2D eigenvalue weighted by Crippen LogP contribution is -1.93. The lowest BCUT2D eigenvalue weighted by molar-refractivity contribution is 0.477. The van der Waals surface area contributed by atoms with Gasteiger partial charge in [0.1, 0.15) is 11.5 Å². The normalized spacial score (nSPS) is 10.6. The van der Waals surface area contributed by atoms with E-state index in [2.05, 4.69) is 39.8 Å². The largest absolute Gasteiger partial charge is 0.457 e. The van der Waals surface area contributed by atoms with Gasteiger partial charge in [0.05, 0.1) is 0 Å². The molecule has 0 unspecified atom stereocenters. The third kappa shape index (κ3) is 3.10. The molecule has 100 valence electrons. The maximum Gasteiger partial charge on any atom is 0.130 e. The van der Waals surface area contributed by atoms with Crippen molar-refractivity contribution in [2.75, 3.05) is 0 Å². The number of hydrogen-bond acceptors (Lipinski definition) is 1. The van der Waals surface area contributed by atoms with Crippen molar-refractivity contribution >= 4 is 11.6 Å². The van der Waals surface area contributed by atoms with E-state index < -0.39 is 0 Å². The second-order valence-corrected chi connectivity index (χ2v) is 5.30. The van der Waals surface area contributed by atoms with Crippen LogP contribution in [0.5, 0.6) is 11.5 Å².